The summed E-state index contributed by atoms with van der Waals surface area (Å²) in [6, 6.07) is 7.60. The zero-order valence-corrected chi connectivity index (χ0v) is 13.8. The third-order valence-corrected chi connectivity index (χ3v) is 5.28. The van der Waals surface area contributed by atoms with Crippen molar-refractivity contribution in [3.8, 4) is 11.5 Å². The maximum Gasteiger partial charge on any atom is 0.261 e. The molecular formula is C15H14BrNO3S. The summed E-state index contributed by atoms with van der Waals surface area (Å²) in [4.78, 5) is 12.8. The van der Waals surface area contributed by atoms with Crippen LogP contribution < -0.4 is 14.8 Å². The third-order valence-electron chi connectivity index (χ3n) is 3.14. The van der Waals surface area contributed by atoms with Crippen molar-refractivity contribution in [2.24, 2.45) is 0 Å². The molecule has 21 heavy (non-hydrogen) atoms. The van der Waals surface area contributed by atoms with Gasteiger partial charge in [0.15, 0.2) is 11.5 Å². The number of rotatable bonds is 3. The van der Waals surface area contributed by atoms with E-state index >= 15 is 0 Å². The highest BCUT2D eigenvalue weighted by atomic mass is 79.9. The zero-order chi connectivity index (χ0) is 14.8. The lowest BCUT2D eigenvalue weighted by Crippen LogP contribution is -2.22. The van der Waals surface area contributed by atoms with Gasteiger partial charge in [-0.3, -0.25) is 4.79 Å². The molecule has 1 aromatic heterocycles. The van der Waals surface area contributed by atoms with E-state index in [2.05, 4.69) is 21.2 Å². The van der Waals surface area contributed by atoms with Crippen LogP contribution in [0.5, 0.6) is 11.5 Å². The monoisotopic (exact) mass is 367 g/mol. The highest BCUT2D eigenvalue weighted by Gasteiger charge is 2.13. The van der Waals surface area contributed by atoms with Gasteiger partial charge in [0.05, 0.1) is 8.66 Å². The Labute approximate surface area is 135 Å². The van der Waals surface area contributed by atoms with Gasteiger partial charge in [0.1, 0.15) is 13.2 Å². The van der Waals surface area contributed by atoms with E-state index in [0.29, 0.717) is 24.6 Å². The molecule has 1 aliphatic heterocycles. The minimum Gasteiger partial charge on any atom is -0.486 e. The summed E-state index contributed by atoms with van der Waals surface area (Å²) < 4.78 is 12.0. The molecule has 1 amide bonds. The van der Waals surface area contributed by atoms with E-state index in [0.717, 1.165) is 26.4 Å². The highest BCUT2D eigenvalue weighted by molar-refractivity contribution is 9.11. The first-order valence-electron chi connectivity index (χ1n) is 6.56. The van der Waals surface area contributed by atoms with E-state index in [1.54, 1.807) is 0 Å². The molecule has 0 atom stereocenters. The first-order chi connectivity index (χ1) is 10.1. The van der Waals surface area contributed by atoms with Gasteiger partial charge in [0, 0.05) is 6.54 Å². The van der Waals surface area contributed by atoms with Crippen LogP contribution in [0.1, 0.15) is 20.8 Å². The molecule has 0 saturated carbocycles. The van der Waals surface area contributed by atoms with Crippen molar-refractivity contribution in [3.63, 3.8) is 0 Å². The number of nitrogens with one attached hydrogen (secondary N) is 1. The molecule has 4 nitrogen and oxygen atoms in total. The number of amides is 1. The Kier molecular flexibility index (Phi) is 4.17. The van der Waals surface area contributed by atoms with Crippen LogP contribution in [0.15, 0.2) is 28.1 Å². The van der Waals surface area contributed by atoms with Crippen LogP contribution in [0.4, 0.5) is 0 Å². The number of halogens is 1. The number of fused-ring (bicyclic) bond motifs is 1. The first kappa shape index (κ1) is 14.4. The van der Waals surface area contributed by atoms with Crippen molar-refractivity contribution in [2.45, 2.75) is 13.5 Å². The highest BCUT2D eigenvalue weighted by Crippen LogP contribution is 2.31. The Morgan fingerprint density at radius 2 is 2.05 bits per heavy atom. The molecule has 0 unspecified atom stereocenters. The van der Waals surface area contributed by atoms with Gasteiger partial charge in [-0.05, 0) is 52.2 Å². The molecule has 6 heteroatoms. The van der Waals surface area contributed by atoms with Gasteiger partial charge in [-0.15, -0.1) is 11.3 Å². The molecule has 1 aromatic carbocycles. The third kappa shape index (κ3) is 3.22. The average Bonchev–Trinajstić information content (AvgIpc) is 2.84. The molecule has 3 rings (SSSR count). The Morgan fingerprint density at radius 3 is 2.76 bits per heavy atom. The summed E-state index contributed by atoms with van der Waals surface area (Å²) >= 11 is 4.87. The minimum atomic E-state index is -0.0660. The number of ether oxygens (including phenoxy) is 2. The lowest BCUT2D eigenvalue weighted by atomic mass is 10.2. The molecule has 0 bridgehead atoms. The van der Waals surface area contributed by atoms with Crippen LogP contribution >= 0.6 is 27.3 Å². The van der Waals surface area contributed by atoms with Gasteiger partial charge in [0.2, 0.25) is 0 Å². The number of hydrogen-bond acceptors (Lipinski definition) is 4. The van der Waals surface area contributed by atoms with Crippen LogP contribution in [0.2, 0.25) is 0 Å². The second-order valence-electron chi connectivity index (χ2n) is 4.73. The van der Waals surface area contributed by atoms with E-state index in [-0.39, 0.29) is 5.91 Å². The maximum atomic E-state index is 12.1. The Morgan fingerprint density at radius 1 is 1.29 bits per heavy atom. The molecule has 1 N–H and O–H groups in total. The zero-order valence-electron chi connectivity index (χ0n) is 11.4. The first-order valence-corrected chi connectivity index (χ1v) is 8.17. The van der Waals surface area contributed by atoms with Crippen LogP contribution in [-0.4, -0.2) is 19.1 Å². The summed E-state index contributed by atoms with van der Waals surface area (Å²) in [7, 11) is 0. The smallest absolute Gasteiger partial charge is 0.261 e. The van der Waals surface area contributed by atoms with Crippen LogP contribution in [0.3, 0.4) is 0 Å². The van der Waals surface area contributed by atoms with Crippen molar-refractivity contribution >= 4 is 33.2 Å². The maximum absolute atomic E-state index is 12.1. The van der Waals surface area contributed by atoms with Crippen molar-refractivity contribution in [1.29, 1.82) is 0 Å². The fraction of sp³-hybridized carbons (Fsp3) is 0.267. The summed E-state index contributed by atoms with van der Waals surface area (Å²) in [5.74, 6) is 1.43. The number of hydrogen-bond donors (Lipinski definition) is 1. The summed E-state index contributed by atoms with van der Waals surface area (Å²) in [5.41, 5.74) is 2.06. The van der Waals surface area contributed by atoms with Gasteiger partial charge in [-0.25, -0.2) is 0 Å². The van der Waals surface area contributed by atoms with Gasteiger partial charge < -0.3 is 14.8 Å². The predicted octanol–water partition coefficient (Wildman–Crippen LogP) is 3.52. The minimum absolute atomic E-state index is 0.0660. The van der Waals surface area contributed by atoms with Crippen molar-refractivity contribution in [1.82, 2.24) is 5.32 Å². The van der Waals surface area contributed by atoms with Crippen LogP contribution in [0.25, 0.3) is 0 Å². The quantitative estimate of drug-likeness (QED) is 0.902. The molecule has 2 heterocycles. The van der Waals surface area contributed by atoms with Gasteiger partial charge in [0.25, 0.3) is 5.91 Å². The molecule has 0 saturated heterocycles. The van der Waals surface area contributed by atoms with Gasteiger partial charge in [-0.1, -0.05) is 6.07 Å². The molecule has 2 aromatic rings. The Balaban J connectivity index is 1.66. The lowest BCUT2D eigenvalue weighted by molar-refractivity contribution is 0.0955. The summed E-state index contributed by atoms with van der Waals surface area (Å²) in [5, 5.41) is 2.92. The van der Waals surface area contributed by atoms with Crippen LogP contribution in [0, 0.1) is 6.92 Å². The molecule has 110 valence electrons. The fourth-order valence-corrected chi connectivity index (χ4v) is 3.49. The number of carbonyl (C=O) groups is 1. The molecule has 0 aliphatic carbocycles. The van der Waals surface area contributed by atoms with E-state index in [1.807, 2.05) is 31.2 Å². The fourth-order valence-electron chi connectivity index (χ4n) is 2.04. The Hall–Kier alpha value is -1.53. The molecule has 0 radical (unpaired) electrons. The van der Waals surface area contributed by atoms with E-state index in [9.17, 15) is 4.79 Å². The standard InChI is InChI=1S/C15H14BrNO3S/c1-9-6-13(21-14(9)16)15(18)17-8-10-2-3-11-12(7-10)20-5-4-19-11/h2-3,6-7H,4-5,8H2,1H3,(H,17,18). The molecule has 0 fully saturated rings. The van der Waals surface area contributed by atoms with E-state index in [4.69, 9.17) is 9.47 Å². The molecular weight excluding hydrogens is 354 g/mol. The number of benzene rings is 1. The van der Waals surface area contributed by atoms with Crippen LogP contribution in [-0.2, 0) is 6.54 Å². The average molecular weight is 368 g/mol. The number of aryl methyl sites for hydroxylation is 1. The van der Waals surface area contributed by atoms with E-state index < -0.39 is 0 Å². The SMILES string of the molecule is Cc1cc(C(=O)NCc2ccc3c(c2)OCCO3)sc1Br. The normalized spacial score (nSPS) is 13.0. The largest absolute Gasteiger partial charge is 0.486 e. The van der Waals surface area contributed by atoms with Gasteiger partial charge >= 0.3 is 0 Å². The van der Waals surface area contributed by atoms with E-state index in [1.165, 1.54) is 11.3 Å². The predicted molar refractivity (Wildman–Crippen MR) is 85.4 cm³/mol. The molecule has 1 aliphatic rings. The van der Waals surface area contributed by atoms with Crippen molar-refractivity contribution in [2.75, 3.05) is 13.2 Å². The van der Waals surface area contributed by atoms with Crippen molar-refractivity contribution < 1.29 is 14.3 Å². The second-order valence-corrected chi connectivity index (χ2v) is 7.10. The molecule has 0 spiro atoms. The van der Waals surface area contributed by atoms with Crippen molar-refractivity contribution in [3.05, 3.63) is 44.1 Å². The lowest BCUT2D eigenvalue weighted by Gasteiger charge is -2.18. The second kappa shape index (κ2) is 6.07. The number of carbonyl (C=O) groups excluding carboxylic acids is 1. The van der Waals surface area contributed by atoms with Gasteiger partial charge in [-0.2, -0.15) is 0 Å². The summed E-state index contributed by atoms with van der Waals surface area (Å²) in [6.45, 7) is 3.57. The summed E-state index contributed by atoms with van der Waals surface area (Å²) in [6.07, 6.45) is 0. The topological polar surface area (TPSA) is 47.6 Å². The Bertz CT molecular complexity index is 664. The number of thiophene rings is 1.